The number of hydrogen-bond donors (Lipinski definition) is 2. The van der Waals surface area contributed by atoms with Crippen LogP contribution in [0.4, 0.5) is 11.8 Å². The molecule has 5 heteroatoms. The highest BCUT2D eigenvalue weighted by Crippen LogP contribution is 2.31. The highest BCUT2D eigenvalue weighted by molar-refractivity contribution is 5.40. The van der Waals surface area contributed by atoms with Crippen LogP contribution in [0, 0.1) is 11.8 Å². The summed E-state index contributed by atoms with van der Waals surface area (Å²) in [5.74, 6) is 2.59. The largest absolute Gasteiger partial charge is 0.396 e. The van der Waals surface area contributed by atoms with Gasteiger partial charge in [-0.1, -0.05) is 6.42 Å². The Morgan fingerprint density at radius 2 is 2.17 bits per heavy atom. The maximum Gasteiger partial charge on any atom is 0.226 e. The smallest absolute Gasteiger partial charge is 0.226 e. The maximum absolute atomic E-state index is 9.29. The Morgan fingerprint density at radius 3 is 2.89 bits per heavy atom. The van der Waals surface area contributed by atoms with Crippen molar-refractivity contribution >= 4 is 11.8 Å². The van der Waals surface area contributed by atoms with Crippen molar-refractivity contribution in [3.8, 4) is 0 Å². The van der Waals surface area contributed by atoms with Crippen LogP contribution in [0.3, 0.4) is 0 Å². The summed E-state index contributed by atoms with van der Waals surface area (Å²) in [6, 6.07) is 1.88. The first kappa shape index (κ1) is 13.1. The van der Waals surface area contributed by atoms with Gasteiger partial charge >= 0.3 is 0 Å². The first-order valence-electron chi connectivity index (χ1n) is 6.56. The van der Waals surface area contributed by atoms with E-state index in [-0.39, 0.29) is 0 Å². The molecule has 2 atom stereocenters. The Labute approximate surface area is 108 Å². The van der Waals surface area contributed by atoms with Crippen molar-refractivity contribution in [3.63, 3.8) is 0 Å². The molecule has 0 aliphatic heterocycles. The monoisotopic (exact) mass is 250 g/mol. The molecule has 1 fully saturated rings. The molecule has 100 valence electrons. The predicted octanol–water partition coefficient (Wildman–Crippen LogP) is 1.36. The average Bonchev–Trinajstić information content (AvgIpc) is 2.84. The number of aliphatic hydroxyl groups excluding tert-OH is 1. The second-order valence-electron chi connectivity index (χ2n) is 5.15. The van der Waals surface area contributed by atoms with E-state index in [9.17, 15) is 5.11 Å². The fraction of sp³-hybridized carbons (Fsp3) is 0.692. The number of nitrogens with one attached hydrogen (secondary N) is 1. The second kappa shape index (κ2) is 6.00. The van der Waals surface area contributed by atoms with Gasteiger partial charge in [0.1, 0.15) is 5.82 Å². The SMILES string of the molecule is CN(C)c1nccc(NCC2CCCC2CO)n1. The van der Waals surface area contributed by atoms with E-state index in [4.69, 9.17) is 0 Å². The number of rotatable bonds is 5. The number of anilines is 2. The van der Waals surface area contributed by atoms with E-state index in [1.807, 2.05) is 25.1 Å². The van der Waals surface area contributed by atoms with Gasteiger partial charge in [0.25, 0.3) is 0 Å². The lowest BCUT2D eigenvalue weighted by Gasteiger charge is -2.18. The highest BCUT2D eigenvalue weighted by Gasteiger charge is 2.26. The van der Waals surface area contributed by atoms with Crippen LogP contribution in [-0.4, -0.2) is 42.3 Å². The minimum Gasteiger partial charge on any atom is -0.396 e. The molecule has 1 heterocycles. The lowest BCUT2D eigenvalue weighted by Crippen LogP contribution is -2.21. The minimum atomic E-state index is 0.305. The zero-order chi connectivity index (χ0) is 13.0. The van der Waals surface area contributed by atoms with Gasteiger partial charge in [0.2, 0.25) is 5.95 Å². The fourth-order valence-corrected chi connectivity index (χ4v) is 2.52. The van der Waals surface area contributed by atoms with Crippen molar-refractivity contribution in [2.24, 2.45) is 11.8 Å². The Hall–Kier alpha value is -1.36. The van der Waals surface area contributed by atoms with E-state index in [0.717, 1.165) is 18.8 Å². The highest BCUT2D eigenvalue weighted by atomic mass is 16.3. The molecular formula is C13H22N4O. The van der Waals surface area contributed by atoms with Crippen molar-refractivity contribution in [2.45, 2.75) is 19.3 Å². The molecule has 0 saturated heterocycles. The number of nitrogens with zero attached hydrogens (tertiary/aromatic N) is 3. The maximum atomic E-state index is 9.29. The van der Waals surface area contributed by atoms with Crippen molar-refractivity contribution in [1.82, 2.24) is 9.97 Å². The summed E-state index contributed by atoms with van der Waals surface area (Å²) in [7, 11) is 3.86. The van der Waals surface area contributed by atoms with Crippen LogP contribution in [0.1, 0.15) is 19.3 Å². The summed E-state index contributed by atoms with van der Waals surface area (Å²) in [4.78, 5) is 10.5. The Bertz CT molecular complexity index is 383. The predicted molar refractivity (Wildman–Crippen MR) is 72.8 cm³/mol. The number of aromatic nitrogens is 2. The Kier molecular flexibility index (Phi) is 4.36. The van der Waals surface area contributed by atoms with Gasteiger partial charge in [0.15, 0.2) is 0 Å². The van der Waals surface area contributed by atoms with E-state index < -0.39 is 0 Å². The first-order chi connectivity index (χ1) is 8.70. The van der Waals surface area contributed by atoms with E-state index in [1.54, 1.807) is 6.20 Å². The van der Waals surface area contributed by atoms with E-state index in [1.165, 1.54) is 12.8 Å². The van der Waals surface area contributed by atoms with Gasteiger partial charge < -0.3 is 15.3 Å². The van der Waals surface area contributed by atoms with Crippen LogP contribution in [0.25, 0.3) is 0 Å². The summed E-state index contributed by atoms with van der Waals surface area (Å²) < 4.78 is 0. The quantitative estimate of drug-likeness (QED) is 0.826. The molecular weight excluding hydrogens is 228 g/mol. The lowest BCUT2D eigenvalue weighted by atomic mass is 9.97. The molecule has 18 heavy (non-hydrogen) atoms. The van der Waals surface area contributed by atoms with Crippen LogP contribution in [-0.2, 0) is 0 Å². The molecule has 2 unspecified atom stereocenters. The first-order valence-corrected chi connectivity index (χ1v) is 6.56. The third kappa shape index (κ3) is 3.10. The third-order valence-corrected chi connectivity index (χ3v) is 3.64. The van der Waals surface area contributed by atoms with E-state index in [0.29, 0.717) is 24.4 Å². The van der Waals surface area contributed by atoms with Crippen molar-refractivity contribution in [1.29, 1.82) is 0 Å². The van der Waals surface area contributed by atoms with Crippen LogP contribution < -0.4 is 10.2 Å². The minimum absolute atomic E-state index is 0.305. The van der Waals surface area contributed by atoms with Crippen LogP contribution in [0.15, 0.2) is 12.3 Å². The summed E-state index contributed by atoms with van der Waals surface area (Å²) in [5, 5.41) is 12.6. The van der Waals surface area contributed by atoms with Crippen LogP contribution in [0.2, 0.25) is 0 Å². The fourth-order valence-electron chi connectivity index (χ4n) is 2.52. The molecule has 1 aliphatic rings. The summed E-state index contributed by atoms with van der Waals surface area (Å²) in [6.07, 6.45) is 5.34. The summed E-state index contributed by atoms with van der Waals surface area (Å²) in [6.45, 7) is 1.19. The number of aliphatic hydroxyl groups is 1. The molecule has 1 aromatic heterocycles. The average molecular weight is 250 g/mol. The molecule has 0 spiro atoms. The Morgan fingerprint density at radius 1 is 1.39 bits per heavy atom. The van der Waals surface area contributed by atoms with Crippen molar-refractivity contribution in [3.05, 3.63) is 12.3 Å². The van der Waals surface area contributed by atoms with E-state index >= 15 is 0 Å². The van der Waals surface area contributed by atoms with Gasteiger partial charge in [-0.2, -0.15) is 4.98 Å². The second-order valence-corrected chi connectivity index (χ2v) is 5.15. The third-order valence-electron chi connectivity index (χ3n) is 3.64. The van der Waals surface area contributed by atoms with Gasteiger partial charge in [0, 0.05) is 33.4 Å². The van der Waals surface area contributed by atoms with E-state index in [2.05, 4.69) is 15.3 Å². The summed E-state index contributed by atoms with van der Waals surface area (Å²) in [5.41, 5.74) is 0. The van der Waals surface area contributed by atoms with Gasteiger partial charge in [-0.15, -0.1) is 0 Å². The number of hydrogen-bond acceptors (Lipinski definition) is 5. The van der Waals surface area contributed by atoms with Gasteiger partial charge in [0.05, 0.1) is 0 Å². The van der Waals surface area contributed by atoms with Gasteiger partial charge in [-0.25, -0.2) is 4.98 Å². The molecule has 1 aliphatic carbocycles. The van der Waals surface area contributed by atoms with Crippen molar-refractivity contribution in [2.75, 3.05) is 37.5 Å². The molecule has 1 aromatic rings. The standard InChI is InChI=1S/C13H22N4O/c1-17(2)13-14-7-6-12(16-13)15-8-10-4-3-5-11(10)9-18/h6-7,10-11,18H,3-5,8-9H2,1-2H3,(H,14,15,16). The zero-order valence-electron chi connectivity index (χ0n) is 11.1. The van der Waals surface area contributed by atoms with Crippen LogP contribution in [0.5, 0.6) is 0 Å². The molecule has 2 rings (SSSR count). The van der Waals surface area contributed by atoms with Crippen molar-refractivity contribution < 1.29 is 5.11 Å². The topological polar surface area (TPSA) is 61.3 Å². The van der Waals surface area contributed by atoms with Gasteiger partial charge in [-0.3, -0.25) is 0 Å². The molecule has 0 aromatic carbocycles. The van der Waals surface area contributed by atoms with Crippen LogP contribution >= 0.6 is 0 Å². The van der Waals surface area contributed by atoms with Gasteiger partial charge in [-0.05, 0) is 30.7 Å². The molecule has 1 saturated carbocycles. The summed E-state index contributed by atoms with van der Waals surface area (Å²) >= 11 is 0. The molecule has 0 bridgehead atoms. The molecule has 5 nitrogen and oxygen atoms in total. The Balaban J connectivity index is 1.91. The zero-order valence-corrected chi connectivity index (χ0v) is 11.1. The lowest BCUT2D eigenvalue weighted by molar-refractivity contribution is 0.199. The molecule has 0 amide bonds. The molecule has 0 radical (unpaired) electrons. The molecule has 2 N–H and O–H groups in total. The normalized spacial score (nSPS) is 23.1.